The first-order valence-corrected chi connectivity index (χ1v) is 11.3. The summed E-state index contributed by atoms with van der Waals surface area (Å²) in [6.45, 7) is 7.27. The lowest BCUT2D eigenvalue weighted by Crippen LogP contribution is -2.51. The molecular formula is C27H26N2O6. The number of carbonyl (C=O) groups excluding carboxylic acids is 3. The van der Waals surface area contributed by atoms with Gasteiger partial charge in [0, 0.05) is 23.4 Å². The van der Waals surface area contributed by atoms with Gasteiger partial charge in [-0.25, -0.2) is 9.59 Å². The molecule has 8 heteroatoms. The van der Waals surface area contributed by atoms with Gasteiger partial charge in [0.15, 0.2) is 0 Å². The van der Waals surface area contributed by atoms with Gasteiger partial charge in [-0.3, -0.25) is 4.79 Å². The molecule has 0 bridgehead atoms. The second-order valence-electron chi connectivity index (χ2n) is 7.82. The van der Waals surface area contributed by atoms with Crippen LogP contribution in [0.5, 0.6) is 0 Å². The first-order valence-electron chi connectivity index (χ1n) is 11.3. The highest BCUT2D eigenvalue weighted by atomic mass is 16.5. The van der Waals surface area contributed by atoms with E-state index in [1.807, 2.05) is 0 Å². The number of carbonyl (C=O) groups is 3. The van der Waals surface area contributed by atoms with Gasteiger partial charge in [0.25, 0.3) is 0 Å². The molecule has 1 amide bonds. The maximum Gasteiger partial charge on any atom is 0.341 e. The standard InChI is InChI=1S/C27H26N2O6/c1-4-16-29-19-15-11-10-14-18(19)27(26(29)32)20(24(30)33-5-2)22(17-12-8-7-9-13-17)35-23(28)21(27)25(31)34-6-3/h4,7-15H,1,5-6,16,28H2,2-3H3. The van der Waals surface area contributed by atoms with Crippen molar-refractivity contribution in [2.24, 2.45) is 5.73 Å². The molecule has 180 valence electrons. The van der Waals surface area contributed by atoms with Crippen molar-refractivity contribution in [3.8, 4) is 0 Å². The fourth-order valence-corrected chi connectivity index (χ4v) is 4.64. The molecule has 1 spiro atoms. The number of para-hydroxylation sites is 1. The molecule has 1 atom stereocenters. The highest BCUT2D eigenvalue weighted by Crippen LogP contribution is 2.55. The van der Waals surface area contributed by atoms with Crippen molar-refractivity contribution in [3.05, 3.63) is 95.4 Å². The third kappa shape index (κ3) is 3.58. The Bertz CT molecular complexity index is 1260. The SMILES string of the molecule is C=CCN1C(=O)C2(C(C(=O)OCC)=C(N)OC(c3ccccc3)=C2C(=O)OCC)c2ccccc21. The van der Waals surface area contributed by atoms with E-state index in [9.17, 15) is 14.4 Å². The number of hydrogen-bond donors (Lipinski definition) is 1. The van der Waals surface area contributed by atoms with Crippen molar-refractivity contribution < 1.29 is 28.6 Å². The van der Waals surface area contributed by atoms with E-state index < -0.39 is 23.3 Å². The lowest BCUT2D eigenvalue weighted by Gasteiger charge is -2.36. The van der Waals surface area contributed by atoms with Crippen LogP contribution in [0.2, 0.25) is 0 Å². The molecule has 2 aromatic rings. The molecule has 0 radical (unpaired) electrons. The van der Waals surface area contributed by atoms with Crippen LogP contribution in [0, 0.1) is 0 Å². The molecule has 0 aromatic heterocycles. The number of anilines is 1. The lowest BCUT2D eigenvalue weighted by molar-refractivity contribution is -0.143. The predicted octanol–water partition coefficient (Wildman–Crippen LogP) is 3.20. The smallest absolute Gasteiger partial charge is 0.341 e. The number of hydrogen-bond acceptors (Lipinski definition) is 7. The van der Waals surface area contributed by atoms with Crippen LogP contribution in [0.15, 0.2) is 84.3 Å². The molecular weight excluding hydrogens is 448 g/mol. The van der Waals surface area contributed by atoms with E-state index in [4.69, 9.17) is 19.9 Å². The minimum atomic E-state index is -1.94. The van der Waals surface area contributed by atoms with Crippen molar-refractivity contribution >= 4 is 29.3 Å². The fraction of sp³-hybridized carbons (Fsp3) is 0.222. The number of ether oxygens (including phenoxy) is 3. The Morgan fingerprint density at radius 3 is 2.23 bits per heavy atom. The Kier molecular flexibility index (Phi) is 6.46. The summed E-state index contributed by atoms with van der Waals surface area (Å²) >= 11 is 0. The molecule has 1 unspecified atom stereocenters. The maximum absolute atomic E-state index is 14.4. The summed E-state index contributed by atoms with van der Waals surface area (Å²) in [5, 5.41) is 0. The van der Waals surface area contributed by atoms with E-state index in [0.29, 0.717) is 16.8 Å². The third-order valence-corrected chi connectivity index (χ3v) is 5.91. The van der Waals surface area contributed by atoms with Crippen molar-refractivity contribution in [1.29, 1.82) is 0 Å². The average Bonchev–Trinajstić information content (AvgIpc) is 3.08. The topological polar surface area (TPSA) is 108 Å². The lowest BCUT2D eigenvalue weighted by atomic mass is 9.67. The minimum Gasteiger partial charge on any atom is -0.462 e. The van der Waals surface area contributed by atoms with Gasteiger partial charge in [-0.15, -0.1) is 6.58 Å². The van der Waals surface area contributed by atoms with Gasteiger partial charge in [-0.2, -0.15) is 0 Å². The van der Waals surface area contributed by atoms with Crippen molar-refractivity contribution in [3.63, 3.8) is 0 Å². The molecule has 8 nitrogen and oxygen atoms in total. The largest absolute Gasteiger partial charge is 0.462 e. The van der Waals surface area contributed by atoms with E-state index in [-0.39, 0.29) is 42.5 Å². The van der Waals surface area contributed by atoms with Gasteiger partial charge in [0.2, 0.25) is 11.8 Å². The Hall–Kier alpha value is -4.33. The summed E-state index contributed by atoms with van der Waals surface area (Å²) in [4.78, 5) is 42.8. The predicted molar refractivity (Wildman–Crippen MR) is 130 cm³/mol. The number of esters is 2. The first kappa shape index (κ1) is 23.8. The number of amides is 1. The van der Waals surface area contributed by atoms with Crippen molar-refractivity contribution in [2.45, 2.75) is 19.3 Å². The zero-order valence-electron chi connectivity index (χ0n) is 19.6. The van der Waals surface area contributed by atoms with Crippen LogP contribution in [-0.4, -0.2) is 37.6 Å². The fourth-order valence-electron chi connectivity index (χ4n) is 4.64. The van der Waals surface area contributed by atoms with Gasteiger partial charge < -0.3 is 24.8 Å². The molecule has 2 aliphatic rings. The number of fused-ring (bicyclic) bond motifs is 2. The zero-order chi connectivity index (χ0) is 25.2. The van der Waals surface area contributed by atoms with E-state index >= 15 is 0 Å². The first-order chi connectivity index (χ1) is 16.9. The highest BCUT2D eigenvalue weighted by molar-refractivity contribution is 6.24. The summed E-state index contributed by atoms with van der Waals surface area (Å²) in [5.74, 6) is -2.49. The van der Waals surface area contributed by atoms with Gasteiger partial charge in [-0.05, 0) is 19.9 Å². The molecule has 0 aliphatic carbocycles. The van der Waals surface area contributed by atoms with Crippen LogP contribution in [-0.2, 0) is 34.0 Å². The van der Waals surface area contributed by atoms with Crippen LogP contribution in [0.3, 0.4) is 0 Å². The second-order valence-corrected chi connectivity index (χ2v) is 7.82. The summed E-state index contributed by atoms with van der Waals surface area (Å²) in [5.41, 5.74) is 5.43. The Morgan fingerprint density at radius 2 is 1.60 bits per heavy atom. The summed E-state index contributed by atoms with van der Waals surface area (Å²) in [6.07, 6.45) is 1.57. The summed E-state index contributed by atoms with van der Waals surface area (Å²) in [6, 6.07) is 15.7. The second kappa shape index (κ2) is 9.50. The molecule has 2 N–H and O–H groups in total. The van der Waals surface area contributed by atoms with Crippen LogP contribution in [0.1, 0.15) is 25.0 Å². The molecule has 4 rings (SSSR count). The summed E-state index contributed by atoms with van der Waals surface area (Å²) in [7, 11) is 0. The van der Waals surface area contributed by atoms with Gasteiger partial charge in [0.1, 0.15) is 22.3 Å². The third-order valence-electron chi connectivity index (χ3n) is 5.91. The Morgan fingerprint density at radius 1 is 1.00 bits per heavy atom. The van der Waals surface area contributed by atoms with E-state index in [1.54, 1.807) is 74.5 Å². The number of rotatable bonds is 7. The van der Waals surface area contributed by atoms with Gasteiger partial charge in [0.05, 0.1) is 13.2 Å². The quantitative estimate of drug-likeness (QED) is 0.485. The van der Waals surface area contributed by atoms with E-state index in [0.717, 1.165) is 0 Å². The molecule has 2 aliphatic heterocycles. The zero-order valence-corrected chi connectivity index (χ0v) is 19.6. The number of benzene rings is 2. The molecule has 2 heterocycles. The molecule has 0 fully saturated rings. The highest BCUT2D eigenvalue weighted by Gasteiger charge is 2.64. The van der Waals surface area contributed by atoms with Crippen LogP contribution >= 0.6 is 0 Å². The van der Waals surface area contributed by atoms with Gasteiger partial charge in [-0.1, -0.05) is 54.6 Å². The Balaban J connectivity index is 2.16. The molecule has 2 aromatic carbocycles. The Labute approximate surface area is 203 Å². The van der Waals surface area contributed by atoms with Gasteiger partial charge >= 0.3 is 11.9 Å². The molecule has 0 saturated heterocycles. The molecule has 0 saturated carbocycles. The van der Waals surface area contributed by atoms with Crippen molar-refractivity contribution in [1.82, 2.24) is 0 Å². The average molecular weight is 475 g/mol. The van der Waals surface area contributed by atoms with Crippen LogP contribution < -0.4 is 10.6 Å². The van der Waals surface area contributed by atoms with E-state index in [2.05, 4.69) is 6.58 Å². The van der Waals surface area contributed by atoms with E-state index in [1.165, 1.54) is 4.90 Å². The van der Waals surface area contributed by atoms with Crippen molar-refractivity contribution in [2.75, 3.05) is 24.7 Å². The number of nitrogens with two attached hydrogens (primary N) is 1. The van der Waals surface area contributed by atoms with Crippen LogP contribution in [0.25, 0.3) is 5.76 Å². The summed E-state index contributed by atoms with van der Waals surface area (Å²) < 4.78 is 16.6. The van der Waals surface area contributed by atoms with Crippen LogP contribution in [0.4, 0.5) is 5.69 Å². The normalized spacial score (nSPS) is 18.9. The maximum atomic E-state index is 14.4. The monoisotopic (exact) mass is 474 g/mol. The number of nitrogens with zero attached hydrogens (tertiary/aromatic N) is 1. The molecule has 35 heavy (non-hydrogen) atoms. The minimum absolute atomic E-state index is 0.0297.